The summed E-state index contributed by atoms with van der Waals surface area (Å²) < 4.78 is 38.5. The molecule has 2 aliphatic rings. The van der Waals surface area contributed by atoms with Gasteiger partial charge in [-0.3, -0.25) is 0 Å². The number of pyridine rings is 1. The minimum atomic E-state index is -4.40. The number of rotatable bonds is 3. The predicted octanol–water partition coefficient (Wildman–Crippen LogP) is 2.77. The first kappa shape index (κ1) is 17.5. The van der Waals surface area contributed by atoms with E-state index in [1.54, 1.807) is 6.07 Å². The molecule has 0 spiro atoms. The van der Waals surface area contributed by atoms with Gasteiger partial charge in [0, 0.05) is 32.7 Å². The van der Waals surface area contributed by atoms with E-state index >= 15 is 0 Å². The van der Waals surface area contributed by atoms with Crippen LogP contribution in [0.1, 0.15) is 31.4 Å². The van der Waals surface area contributed by atoms with Crippen LogP contribution in [0.4, 0.5) is 19.0 Å². The van der Waals surface area contributed by atoms with Gasteiger partial charge in [-0.2, -0.15) is 13.2 Å². The lowest BCUT2D eigenvalue weighted by Crippen LogP contribution is -2.44. The highest BCUT2D eigenvalue weighted by molar-refractivity contribution is 5.40. The fraction of sp³-hybridized carbons (Fsp3) is 0.706. The molecule has 1 N–H and O–H groups in total. The Morgan fingerprint density at radius 1 is 1.12 bits per heavy atom. The minimum Gasteiger partial charge on any atom is -0.393 e. The maximum atomic E-state index is 12.8. The molecule has 0 radical (unpaired) electrons. The van der Waals surface area contributed by atoms with E-state index in [2.05, 4.69) is 9.88 Å². The molecule has 4 nitrogen and oxygen atoms in total. The van der Waals surface area contributed by atoms with Crippen molar-refractivity contribution in [1.82, 2.24) is 9.88 Å². The van der Waals surface area contributed by atoms with Gasteiger partial charge in [-0.25, -0.2) is 4.98 Å². The minimum absolute atomic E-state index is 0.182. The number of piperidine rings is 2. The normalized spacial score (nSPS) is 24.3. The highest BCUT2D eigenvalue weighted by Gasteiger charge is 2.33. The molecule has 1 atom stereocenters. The van der Waals surface area contributed by atoms with Crippen LogP contribution in [-0.2, 0) is 6.18 Å². The number of aliphatic hydroxyl groups is 1. The zero-order valence-corrected chi connectivity index (χ0v) is 13.7. The Bertz CT molecular complexity index is 544. The Morgan fingerprint density at radius 2 is 1.88 bits per heavy atom. The molecule has 24 heavy (non-hydrogen) atoms. The highest BCUT2D eigenvalue weighted by atomic mass is 19.4. The second-order valence-electron chi connectivity index (χ2n) is 6.86. The molecule has 3 heterocycles. The lowest BCUT2D eigenvalue weighted by molar-refractivity contribution is -0.141. The molecular weight excluding hydrogens is 319 g/mol. The Balaban J connectivity index is 1.61. The topological polar surface area (TPSA) is 39.6 Å². The number of hydrogen-bond donors (Lipinski definition) is 1. The SMILES string of the molecule is OC1CCN(CC2CCCN(c3cccc(C(F)(F)F)n3)C2)CC1. The van der Waals surface area contributed by atoms with E-state index in [-0.39, 0.29) is 6.10 Å². The van der Waals surface area contributed by atoms with Crippen LogP contribution in [0.5, 0.6) is 0 Å². The molecule has 1 aromatic rings. The number of aliphatic hydroxyl groups excluding tert-OH is 1. The van der Waals surface area contributed by atoms with Gasteiger partial charge >= 0.3 is 6.18 Å². The van der Waals surface area contributed by atoms with Crippen LogP contribution in [0.3, 0.4) is 0 Å². The van der Waals surface area contributed by atoms with E-state index in [1.165, 1.54) is 6.07 Å². The molecule has 7 heteroatoms. The summed E-state index contributed by atoms with van der Waals surface area (Å²) in [6.45, 7) is 4.25. The molecule has 0 aliphatic carbocycles. The second kappa shape index (κ2) is 7.27. The van der Waals surface area contributed by atoms with Crippen molar-refractivity contribution >= 4 is 5.82 Å². The van der Waals surface area contributed by atoms with Crippen molar-refractivity contribution in [3.63, 3.8) is 0 Å². The Morgan fingerprint density at radius 3 is 2.58 bits per heavy atom. The van der Waals surface area contributed by atoms with Crippen LogP contribution < -0.4 is 4.90 Å². The van der Waals surface area contributed by atoms with E-state index in [1.807, 2.05) is 4.90 Å². The number of anilines is 1. The smallest absolute Gasteiger partial charge is 0.393 e. The summed E-state index contributed by atoms with van der Waals surface area (Å²) in [6.07, 6.45) is -0.900. The zero-order chi connectivity index (χ0) is 17.2. The van der Waals surface area contributed by atoms with Gasteiger partial charge in [0.05, 0.1) is 6.10 Å². The van der Waals surface area contributed by atoms with Crippen LogP contribution >= 0.6 is 0 Å². The summed E-state index contributed by atoms with van der Waals surface area (Å²) >= 11 is 0. The molecule has 0 amide bonds. The van der Waals surface area contributed by atoms with E-state index in [0.717, 1.165) is 64.5 Å². The fourth-order valence-electron chi connectivity index (χ4n) is 3.65. The predicted molar refractivity (Wildman–Crippen MR) is 85.9 cm³/mol. The van der Waals surface area contributed by atoms with Crippen molar-refractivity contribution < 1.29 is 18.3 Å². The van der Waals surface area contributed by atoms with Gasteiger partial charge in [0.1, 0.15) is 11.5 Å². The molecule has 134 valence electrons. The third-order valence-electron chi connectivity index (χ3n) is 4.94. The van der Waals surface area contributed by atoms with E-state index in [0.29, 0.717) is 11.7 Å². The second-order valence-corrected chi connectivity index (χ2v) is 6.86. The van der Waals surface area contributed by atoms with E-state index < -0.39 is 11.9 Å². The lowest BCUT2D eigenvalue weighted by Gasteiger charge is -2.38. The molecular formula is C17H24F3N3O. The first-order valence-electron chi connectivity index (χ1n) is 8.61. The maximum Gasteiger partial charge on any atom is 0.433 e. The molecule has 1 aromatic heterocycles. The van der Waals surface area contributed by atoms with Crippen molar-refractivity contribution in [2.45, 2.75) is 38.0 Å². The van der Waals surface area contributed by atoms with Gasteiger partial charge < -0.3 is 14.9 Å². The summed E-state index contributed by atoms with van der Waals surface area (Å²) in [5, 5.41) is 9.58. The van der Waals surface area contributed by atoms with Crippen molar-refractivity contribution in [3.05, 3.63) is 23.9 Å². The standard InChI is InChI=1S/C17H24F3N3O/c18-17(19,20)15-4-1-5-16(21-15)23-8-2-3-13(12-23)11-22-9-6-14(24)7-10-22/h1,4-5,13-14,24H,2-3,6-12H2. The zero-order valence-electron chi connectivity index (χ0n) is 13.7. The molecule has 0 aromatic carbocycles. The molecule has 3 rings (SSSR count). The van der Waals surface area contributed by atoms with Gasteiger partial charge in [-0.1, -0.05) is 6.07 Å². The summed E-state index contributed by atoms with van der Waals surface area (Å²) in [6, 6.07) is 4.11. The largest absolute Gasteiger partial charge is 0.433 e. The van der Waals surface area contributed by atoms with Crippen LogP contribution in [0.15, 0.2) is 18.2 Å². The van der Waals surface area contributed by atoms with Gasteiger partial charge in [0.2, 0.25) is 0 Å². The quantitative estimate of drug-likeness (QED) is 0.916. The maximum absolute atomic E-state index is 12.8. The Kier molecular flexibility index (Phi) is 5.30. The van der Waals surface area contributed by atoms with Gasteiger partial charge in [0.25, 0.3) is 0 Å². The van der Waals surface area contributed by atoms with Crippen LogP contribution in [0.2, 0.25) is 0 Å². The average molecular weight is 343 g/mol. The van der Waals surface area contributed by atoms with Crippen LogP contribution in [-0.4, -0.2) is 53.8 Å². The number of nitrogens with zero attached hydrogens (tertiary/aromatic N) is 3. The highest BCUT2D eigenvalue weighted by Crippen LogP contribution is 2.30. The number of likely N-dealkylation sites (tertiary alicyclic amines) is 1. The third-order valence-corrected chi connectivity index (χ3v) is 4.94. The number of halogens is 3. The van der Waals surface area contributed by atoms with Crippen molar-refractivity contribution in [2.24, 2.45) is 5.92 Å². The molecule has 0 saturated carbocycles. The molecule has 2 fully saturated rings. The lowest BCUT2D eigenvalue weighted by atomic mass is 9.96. The van der Waals surface area contributed by atoms with Crippen molar-refractivity contribution in [2.75, 3.05) is 37.6 Å². The number of hydrogen-bond acceptors (Lipinski definition) is 4. The summed E-state index contributed by atoms with van der Waals surface area (Å²) in [5.41, 5.74) is -0.827. The van der Waals surface area contributed by atoms with Gasteiger partial charge in [0.15, 0.2) is 0 Å². The number of alkyl halides is 3. The molecule has 0 bridgehead atoms. The van der Waals surface area contributed by atoms with Crippen molar-refractivity contribution in [1.29, 1.82) is 0 Å². The summed E-state index contributed by atoms with van der Waals surface area (Å²) in [5.74, 6) is 0.855. The van der Waals surface area contributed by atoms with Crippen molar-refractivity contribution in [3.8, 4) is 0 Å². The van der Waals surface area contributed by atoms with Gasteiger partial charge in [-0.15, -0.1) is 0 Å². The Hall–Kier alpha value is -1.34. The third kappa shape index (κ3) is 4.39. The first-order chi connectivity index (χ1) is 11.4. The first-order valence-corrected chi connectivity index (χ1v) is 8.61. The fourth-order valence-corrected chi connectivity index (χ4v) is 3.65. The van der Waals surface area contributed by atoms with Crippen LogP contribution in [0.25, 0.3) is 0 Å². The van der Waals surface area contributed by atoms with Crippen LogP contribution in [0, 0.1) is 5.92 Å². The number of aromatic nitrogens is 1. The summed E-state index contributed by atoms with van der Waals surface area (Å²) in [7, 11) is 0. The molecule has 1 unspecified atom stereocenters. The monoisotopic (exact) mass is 343 g/mol. The summed E-state index contributed by atoms with van der Waals surface area (Å²) in [4.78, 5) is 8.15. The Labute approximate surface area is 140 Å². The molecule has 2 aliphatic heterocycles. The van der Waals surface area contributed by atoms with E-state index in [4.69, 9.17) is 0 Å². The van der Waals surface area contributed by atoms with E-state index in [9.17, 15) is 18.3 Å². The van der Waals surface area contributed by atoms with Gasteiger partial charge in [-0.05, 0) is 43.7 Å². The average Bonchev–Trinajstić information content (AvgIpc) is 2.57. The molecule has 2 saturated heterocycles.